The van der Waals surface area contributed by atoms with Crippen LogP contribution in [0.15, 0.2) is 12.5 Å². The Kier molecular flexibility index (Phi) is 4.58. The average Bonchev–Trinajstić information content (AvgIpc) is 2.86. The Morgan fingerprint density at radius 2 is 2.37 bits per heavy atom. The zero-order valence-corrected chi connectivity index (χ0v) is 11.9. The van der Waals surface area contributed by atoms with Gasteiger partial charge in [-0.05, 0) is 18.8 Å². The molecule has 1 aliphatic rings. The Hall–Kier alpha value is -1.36. The molecule has 0 aliphatic heterocycles. The molecule has 2 rings (SSSR count). The average molecular weight is 264 g/mol. The summed E-state index contributed by atoms with van der Waals surface area (Å²) >= 11 is 0. The highest BCUT2D eigenvalue weighted by atomic mass is 16.2. The Balaban J connectivity index is 2.01. The lowest BCUT2D eigenvalue weighted by atomic mass is 9.86. The number of rotatable bonds is 4. The number of hydrogen-bond acceptors (Lipinski definition) is 3. The van der Waals surface area contributed by atoms with Crippen molar-refractivity contribution < 1.29 is 4.79 Å². The van der Waals surface area contributed by atoms with E-state index in [1.54, 1.807) is 12.5 Å². The molecule has 106 valence electrons. The van der Waals surface area contributed by atoms with Gasteiger partial charge in [0.2, 0.25) is 0 Å². The Morgan fingerprint density at radius 1 is 1.58 bits per heavy atom. The molecule has 1 aliphatic carbocycles. The second-order valence-corrected chi connectivity index (χ2v) is 5.63. The van der Waals surface area contributed by atoms with Crippen molar-refractivity contribution in [2.75, 3.05) is 13.6 Å². The van der Waals surface area contributed by atoms with E-state index in [1.807, 2.05) is 16.5 Å². The molecule has 0 aromatic carbocycles. The third kappa shape index (κ3) is 3.35. The van der Waals surface area contributed by atoms with E-state index in [0.29, 0.717) is 30.7 Å². The number of aromatic nitrogens is 2. The quantitative estimate of drug-likeness (QED) is 0.896. The molecule has 19 heavy (non-hydrogen) atoms. The fourth-order valence-corrected chi connectivity index (χ4v) is 2.84. The van der Waals surface area contributed by atoms with Gasteiger partial charge in [0, 0.05) is 32.4 Å². The van der Waals surface area contributed by atoms with Crippen LogP contribution >= 0.6 is 0 Å². The lowest BCUT2D eigenvalue weighted by molar-refractivity contribution is 0.0667. The SMILES string of the molecule is CC1CCCC(N(C)C(=O)c2cn(CCN)cn2)C1. The summed E-state index contributed by atoms with van der Waals surface area (Å²) in [5.41, 5.74) is 6.02. The highest BCUT2D eigenvalue weighted by Crippen LogP contribution is 2.27. The first kappa shape index (κ1) is 14.1. The van der Waals surface area contributed by atoms with Gasteiger partial charge in [0.05, 0.1) is 6.33 Å². The zero-order chi connectivity index (χ0) is 13.8. The van der Waals surface area contributed by atoms with E-state index in [0.717, 1.165) is 12.8 Å². The minimum absolute atomic E-state index is 0.0230. The van der Waals surface area contributed by atoms with Crippen molar-refractivity contribution >= 4 is 5.91 Å². The van der Waals surface area contributed by atoms with Crippen LogP contribution in [0.3, 0.4) is 0 Å². The van der Waals surface area contributed by atoms with E-state index in [4.69, 9.17) is 5.73 Å². The van der Waals surface area contributed by atoms with Crippen molar-refractivity contribution in [1.82, 2.24) is 14.5 Å². The summed E-state index contributed by atoms with van der Waals surface area (Å²) in [7, 11) is 1.90. The molecule has 0 spiro atoms. The van der Waals surface area contributed by atoms with E-state index in [1.165, 1.54) is 12.8 Å². The number of amides is 1. The Labute approximate surface area is 114 Å². The minimum atomic E-state index is 0.0230. The highest BCUT2D eigenvalue weighted by molar-refractivity contribution is 5.92. The fourth-order valence-electron chi connectivity index (χ4n) is 2.84. The van der Waals surface area contributed by atoms with Crippen LogP contribution in [0.2, 0.25) is 0 Å². The van der Waals surface area contributed by atoms with Gasteiger partial charge >= 0.3 is 0 Å². The van der Waals surface area contributed by atoms with Gasteiger partial charge < -0.3 is 15.2 Å². The third-order valence-corrected chi connectivity index (χ3v) is 4.02. The number of nitrogens with two attached hydrogens (primary N) is 1. The maximum absolute atomic E-state index is 12.4. The summed E-state index contributed by atoms with van der Waals surface area (Å²) in [5.74, 6) is 0.735. The second-order valence-electron chi connectivity index (χ2n) is 5.63. The summed E-state index contributed by atoms with van der Waals surface area (Å²) in [4.78, 5) is 18.4. The van der Waals surface area contributed by atoms with Crippen LogP contribution in [0.25, 0.3) is 0 Å². The van der Waals surface area contributed by atoms with Gasteiger partial charge in [-0.1, -0.05) is 19.8 Å². The summed E-state index contributed by atoms with van der Waals surface area (Å²) in [6, 6.07) is 0.357. The number of nitrogens with zero attached hydrogens (tertiary/aromatic N) is 3. The molecule has 1 aromatic heterocycles. The molecular formula is C14H24N4O. The summed E-state index contributed by atoms with van der Waals surface area (Å²) in [6.45, 7) is 3.52. The van der Waals surface area contributed by atoms with Crippen LogP contribution in [0.4, 0.5) is 0 Å². The minimum Gasteiger partial charge on any atom is -0.337 e. The third-order valence-electron chi connectivity index (χ3n) is 4.02. The van der Waals surface area contributed by atoms with Crippen LogP contribution in [-0.4, -0.2) is 40.0 Å². The van der Waals surface area contributed by atoms with Crippen LogP contribution in [-0.2, 0) is 6.54 Å². The van der Waals surface area contributed by atoms with E-state index >= 15 is 0 Å². The fraction of sp³-hybridized carbons (Fsp3) is 0.714. The number of imidazole rings is 1. The normalized spacial score (nSPS) is 23.3. The molecular weight excluding hydrogens is 240 g/mol. The molecule has 1 aromatic rings. The van der Waals surface area contributed by atoms with Crippen molar-refractivity contribution in [2.24, 2.45) is 11.7 Å². The highest BCUT2D eigenvalue weighted by Gasteiger charge is 2.26. The largest absolute Gasteiger partial charge is 0.337 e. The van der Waals surface area contributed by atoms with Crippen molar-refractivity contribution in [1.29, 1.82) is 0 Å². The molecule has 5 heteroatoms. The summed E-state index contributed by atoms with van der Waals surface area (Å²) in [6.07, 6.45) is 8.17. The van der Waals surface area contributed by atoms with E-state index in [-0.39, 0.29) is 5.91 Å². The lowest BCUT2D eigenvalue weighted by Gasteiger charge is -2.33. The maximum Gasteiger partial charge on any atom is 0.274 e. The van der Waals surface area contributed by atoms with Crippen LogP contribution in [0, 0.1) is 5.92 Å². The molecule has 1 heterocycles. The van der Waals surface area contributed by atoms with E-state index < -0.39 is 0 Å². The van der Waals surface area contributed by atoms with Gasteiger partial charge in [0.25, 0.3) is 5.91 Å². The van der Waals surface area contributed by atoms with Gasteiger partial charge in [-0.15, -0.1) is 0 Å². The van der Waals surface area contributed by atoms with Gasteiger partial charge in [-0.25, -0.2) is 4.98 Å². The first-order valence-corrected chi connectivity index (χ1v) is 7.10. The lowest BCUT2D eigenvalue weighted by Crippen LogP contribution is -2.40. The summed E-state index contributed by atoms with van der Waals surface area (Å²) < 4.78 is 1.87. The van der Waals surface area contributed by atoms with Gasteiger partial charge in [-0.3, -0.25) is 4.79 Å². The maximum atomic E-state index is 12.4. The standard InChI is InChI=1S/C14H24N4O/c1-11-4-3-5-12(8-11)17(2)14(19)13-9-18(7-6-15)10-16-13/h9-12H,3-8,15H2,1-2H3. The molecule has 1 amide bonds. The molecule has 0 saturated heterocycles. The van der Waals surface area contributed by atoms with Crippen molar-refractivity contribution in [3.63, 3.8) is 0 Å². The van der Waals surface area contributed by atoms with E-state index in [9.17, 15) is 4.79 Å². The Morgan fingerprint density at radius 3 is 3.05 bits per heavy atom. The molecule has 2 unspecified atom stereocenters. The predicted octanol–water partition coefficient (Wildman–Crippen LogP) is 1.49. The van der Waals surface area contributed by atoms with Crippen molar-refractivity contribution in [2.45, 2.75) is 45.2 Å². The molecule has 0 bridgehead atoms. The van der Waals surface area contributed by atoms with Crippen molar-refractivity contribution in [3.05, 3.63) is 18.2 Å². The number of hydrogen-bond donors (Lipinski definition) is 1. The zero-order valence-electron chi connectivity index (χ0n) is 11.9. The molecule has 2 N–H and O–H groups in total. The van der Waals surface area contributed by atoms with Crippen LogP contribution in [0.5, 0.6) is 0 Å². The molecule has 1 fully saturated rings. The van der Waals surface area contributed by atoms with Crippen LogP contribution < -0.4 is 5.73 Å². The monoisotopic (exact) mass is 264 g/mol. The van der Waals surface area contributed by atoms with E-state index in [2.05, 4.69) is 11.9 Å². The van der Waals surface area contributed by atoms with Crippen molar-refractivity contribution in [3.8, 4) is 0 Å². The topological polar surface area (TPSA) is 64.2 Å². The van der Waals surface area contributed by atoms with Gasteiger partial charge in [0.15, 0.2) is 0 Å². The van der Waals surface area contributed by atoms with Gasteiger partial charge in [0.1, 0.15) is 5.69 Å². The first-order valence-electron chi connectivity index (χ1n) is 7.10. The molecule has 2 atom stereocenters. The molecule has 0 radical (unpaired) electrons. The smallest absolute Gasteiger partial charge is 0.274 e. The van der Waals surface area contributed by atoms with Crippen LogP contribution in [0.1, 0.15) is 43.1 Å². The molecule has 5 nitrogen and oxygen atoms in total. The predicted molar refractivity (Wildman–Crippen MR) is 74.8 cm³/mol. The Bertz CT molecular complexity index is 429. The van der Waals surface area contributed by atoms with Gasteiger partial charge in [-0.2, -0.15) is 0 Å². The number of carbonyl (C=O) groups excluding carboxylic acids is 1. The number of carbonyl (C=O) groups is 1. The summed E-state index contributed by atoms with van der Waals surface area (Å²) in [5, 5.41) is 0. The first-order chi connectivity index (χ1) is 9.11. The second kappa shape index (κ2) is 6.19. The molecule has 1 saturated carbocycles.